The molecule has 8 nitrogen and oxygen atoms in total. The third kappa shape index (κ3) is 4.35. The lowest BCUT2D eigenvalue weighted by atomic mass is 10.1. The summed E-state index contributed by atoms with van der Waals surface area (Å²) in [4.78, 5) is 28.7. The molecule has 1 fully saturated rings. The summed E-state index contributed by atoms with van der Waals surface area (Å²) in [5, 5.41) is 9.41. The van der Waals surface area contributed by atoms with Gasteiger partial charge in [0.1, 0.15) is 12.6 Å². The van der Waals surface area contributed by atoms with Crippen molar-refractivity contribution in [1.29, 1.82) is 0 Å². The first-order valence-electron chi connectivity index (χ1n) is 11.1. The molecular weight excluding hydrogens is 418 g/mol. The zero-order chi connectivity index (χ0) is 22.6. The number of nitrogens with zero attached hydrogens (tertiary/aromatic N) is 5. The second kappa shape index (κ2) is 9.48. The highest BCUT2D eigenvalue weighted by Gasteiger charge is 2.29. The molecule has 168 valence electrons. The van der Waals surface area contributed by atoms with E-state index in [1.54, 1.807) is 23.4 Å². The van der Waals surface area contributed by atoms with Crippen molar-refractivity contribution in [2.75, 3.05) is 18.1 Å². The average molecular weight is 444 g/mol. The van der Waals surface area contributed by atoms with Crippen molar-refractivity contribution in [2.45, 2.75) is 31.6 Å². The number of ether oxygens (including phenoxy) is 1. The molecule has 0 aliphatic carbocycles. The third-order valence-electron chi connectivity index (χ3n) is 5.93. The van der Waals surface area contributed by atoms with Gasteiger partial charge in [-0.3, -0.25) is 14.3 Å². The Kier molecular flexibility index (Phi) is 6.10. The second-order valence-corrected chi connectivity index (χ2v) is 8.05. The van der Waals surface area contributed by atoms with Crippen molar-refractivity contribution < 1.29 is 14.6 Å². The fourth-order valence-electron chi connectivity index (χ4n) is 4.20. The van der Waals surface area contributed by atoms with Crippen LogP contribution in [0, 0.1) is 0 Å². The van der Waals surface area contributed by atoms with Crippen molar-refractivity contribution in [3.63, 3.8) is 0 Å². The average Bonchev–Trinajstić information content (AvgIpc) is 3.52. The number of carbonyl (C=O) groups excluding carboxylic acids is 1. The lowest BCUT2D eigenvalue weighted by Crippen LogP contribution is -2.34. The van der Waals surface area contributed by atoms with Gasteiger partial charge < -0.3 is 9.84 Å². The van der Waals surface area contributed by atoms with E-state index in [4.69, 9.17) is 4.74 Å². The molecule has 1 amide bonds. The first kappa shape index (κ1) is 21.2. The fraction of sp³-hybridized carbons (Fsp3) is 0.280. The van der Waals surface area contributed by atoms with E-state index in [0.717, 1.165) is 18.4 Å². The zero-order valence-corrected chi connectivity index (χ0v) is 18.1. The normalized spacial score (nSPS) is 18.0. The lowest BCUT2D eigenvalue weighted by molar-refractivity contribution is -0.0207. The third-order valence-corrected chi connectivity index (χ3v) is 5.93. The molecule has 2 unspecified atom stereocenters. The Bertz CT molecular complexity index is 1230. The van der Waals surface area contributed by atoms with Gasteiger partial charge in [-0.25, -0.2) is 15.0 Å². The summed E-state index contributed by atoms with van der Waals surface area (Å²) < 4.78 is 7.78. The Morgan fingerprint density at radius 1 is 1.03 bits per heavy atom. The Balaban J connectivity index is 1.51. The summed E-state index contributed by atoms with van der Waals surface area (Å²) in [7, 11) is 0. The maximum Gasteiger partial charge on any atom is 0.259 e. The molecule has 1 aliphatic rings. The highest BCUT2D eigenvalue weighted by atomic mass is 16.5. The van der Waals surface area contributed by atoms with Crippen molar-refractivity contribution in [3.05, 3.63) is 84.4 Å². The number of aliphatic hydroxyl groups is 1. The summed E-state index contributed by atoms with van der Waals surface area (Å²) in [6, 6.07) is 19.2. The Morgan fingerprint density at radius 3 is 2.52 bits per heavy atom. The van der Waals surface area contributed by atoms with Crippen LogP contribution in [0.2, 0.25) is 0 Å². The molecule has 1 aliphatic heterocycles. The molecule has 33 heavy (non-hydrogen) atoms. The number of benzene rings is 2. The van der Waals surface area contributed by atoms with E-state index in [0.29, 0.717) is 35.5 Å². The molecule has 0 saturated carbocycles. The van der Waals surface area contributed by atoms with Gasteiger partial charge in [0.15, 0.2) is 17.0 Å². The molecule has 1 saturated heterocycles. The van der Waals surface area contributed by atoms with Crippen LogP contribution in [0.3, 0.4) is 0 Å². The molecular formula is C25H25N5O3. The minimum atomic E-state index is -0.252. The molecule has 2 atom stereocenters. The summed E-state index contributed by atoms with van der Waals surface area (Å²) in [5.41, 5.74) is 2.87. The van der Waals surface area contributed by atoms with Crippen LogP contribution in [-0.4, -0.2) is 49.8 Å². The van der Waals surface area contributed by atoms with Gasteiger partial charge in [-0.15, -0.1) is 0 Å². The Morgan fingerprint density at radius 2 is 1.79 bits per heavy atom. The predicted octanol–water partition coefficient (Wildman–Crippen LogP) is 3.39. The Hall–Kier alpha value is -3.62. The molecule has 5 rings (SSSR count). The standard InChI is InChI=1S/C25H25N5O3/c31-15-20-11-12-21(33-20)30-17-28-22-23(26-16-27-24(22)30)29(14-13-18-7-3-1-4-8-18)25(32)19-9-5-2-6-10-19/h1-10,16-17,20-21,31H,11-15H2. The van der Waals surface area contributed by atoms with Crippen molar-refractivity contribution >= 4 is 22.9 Å². The molecule has 2 aromatic carbocycles. The van der Waals surface area contributed by atoms with Gasteiger partial charge in [0.2, 0.25) is 0 Å². The van der Waals surface area contributed by atoms with Gasteiger partial charge in [-0.1, -0.05) is 48.5 Å². The van der Waals surface area contributed by atoms with Gasteiger partial charge >= 0.3 is 0 Å². The van der Waals surface area contributed by atoms with Crippen LogP contribution < -0.4 is 4.90 Å². The van der Waals surface area contributed by atoms with Crippen molar-refractivity contribution in [3.8, 4) is 0 Å². The van der Waals surface area contributed by atoms with E-state index < -0.39 is 0 Å². The van der Waals surface area contributed by atoms with E-state index in [2.05, 4.69) is 15.0 Å². The summed E-state index contributed by atoms with van der Waals surface area (Å²) in [6.07, 6.45) is 4.91. The number of carbonyl (C=O) groups is 1. The largest absolute Gasteiger partial charge is 0.394 e. The van der Waals surface area contributed by atoms with Gasteiger partial charge in [-0.05, 0) is 37.0 Å². The number of amides is 1. The smallest absolute Gasteiger partial charge is 0.259 e. The molecule has 4 aromatic rings. The van der Waals surface area contributed by atoms with Crippen LogP contribution in [0.1, 0.15) is 35.0 Å². The first-order chi connectivity index (χ1) is 16.2. The van der Waals surface area contributed by atoms with E-state index in [9.17, 15) is 9.90 Å². The highest BCUT2D eigenvalue weighted by Crippen LogP contribution is 2.32. The van der Waals surface area contributed by atoms with Crippen molar-refractivity contribution in [1.82, 2.24) is 19.5 Å². The molecule has 8 heteroatoms. The number of hydrogen-bond acceptors (Lipinski definition) is 6. The van der Waals surface area contributed by atoms with Crippen LogP contribution in [0.5, 0.6) is 0 Å². The number of aromatic nitrogens is 4. The van der Waals surface area contributed by atoms with E-state index >= 15 is 0 Å². The molecule has 0 radical (unpaired) electrons. The number of aliphatic hydroxyl groups excluding tert-OH is 1. The topological polar surface area (TPSA) is 93.4 Å². The minimum absolute atomic E-state index is 0.0117. The van der Waals surface area contributed by atoms with Crippen molar-refractivity contribution in [2.24, 2.45) is 0 Å². The quantitative estimate of drug-likeness (QED) is 0.471. The molecule has 0 spiro atoms. The van der Waals surface area contributed by atoms with E-state index in [1.165, 1.54) is 6.33 Å². The van der Waals surface area contributed by atoms with Gasteiger partial charge in [0.25, 0.3) is 5.91 Å². The molecule has 1 N–H and O–H groups in total. The number of rotatable bonds is 7. The van der Waals surface area contributed by atoms with Crippen LogP contribution >= 0.6 is 0 Å². The van der Waals surface area contributed by atoms with E-state index in [-0.39, 0.29) is 24.8 Å². The molecule has 3 heterocycles. The summed E-state index contributed by atoms with van der Waals surface area (Å²) in [5.74, 6) is 0.332. The number of anilines is 1. The number of fused-ring (bicyclic) bond motifs is 1. The zero-order valence-electron chi connectivity index (χ0n) is 18.1. The maximum atomic E-state index is 13.5. The minimum Gasteiger partial charge on any atom is -0.394 e. The highest BCUT2D eigenvalue weighted by molar-refractivity contribution is 6.08. The first-order valence-corrected chi connectivity index (χ1v) is 11.1. The van der Waals surface area contributed by atoms with Crippen LogP contribution in [-0.2, 0) is 11.2 Å². The molecule has 2 aromatic heterocycles. The van der Waals surface area contributed by atoms with Gasteiger partial charge in [-0.2, -0.15) is 0 Å². The lowest BCUT2D eigenvalue weighted by Gasteiger charge is -2.22. The monoisotopic (exact) mass is 443 g/mol. The molecule has 0 bridgehead atoms. The second-order valence-electron chi connectivity index (χ2n) is 8.05. The van der Waals surface area contributed by atoms with Gasteiger partial charge in [0.05, 0.1) is 19.0 Å². The SMILES string of the molecule is O=C(c1ccccc1)N(CCc1ccccc1)c1ncnc2c1ncn2C1CCC(CO)O1. The Labute approximate surface area is 191 Å². The van der Waals surface area contributed by atoms with Crippen LogP contribution in [0.15, 0.2) is 73.3 Å². The van der Waals surface area contributed by atoms with E-state index in [1.807, 2.05) is 53.1 Å². The summed E-state index contributed by atoms with van der Waals surface area (Å²) in [6.45, 7) is 0.436. The fourth-order valence-corrected chi connectivity index (χ4v) is 4.20. The number of hydrogen-bond donors (Lipinski definition) is 1. The number of imidazole rings is 1. The summed E-state index contributed by atoms with van der Waals surface area (Å²) >= 11 is 0. The predicted molar refractivity (Wildman–Crippen MR) is 124 cm³/mol. The van der Waals surface area contributed by atoms with Crippen LogP contribution in [0.25, 0.3) is 11.2 Å². The maximum absolute atomic E-state index is 13.5. The van der Waals surface area contributed by atoms with Gasteiger partial charge in [0, 0.05) is 12.1 Å². The van der Waals surface area contributed by atoms with Crippen LogP contribution in [0.4, 0.5) is 5.82 Å².